The molecule has 0 aromatic carbocycles. The van der Waals surface area contributed by atoms with Crippen molar-refractivity contribution in [3.63, 3.8) is 0 Å². The van der Waals surface area contributed by atoms with Gasteiger partial charge in [-0.25, -0.2) is 9.50 Å². The number of imidazole rings is 1. The Labute approximate surface area is 104 Å². The molecule has 0 atom stereocenters. The zero-order chi connectivity index (χ0) is 12.4. The number of aromatic nitrogens is 5. The summed E-state index contributed by atoms with van der Waals surface area (Å²) >= 11 is 0. The van der Waals surface area contributed by atoms with Gasteiger partial charge in [-0.3, -0.25) is 0 Å². The molecule has 3 aromatic rings. The van der Waals surface area contributed by atoms with Crippen molar-refractivity contribution < 1.29 is 0 Å². The Morgan fingerprint density at radius 1 is 1.44 bits per heavy atom. The fourth-order valence-corrected chi connectivity index (χ4v) is 1.79. The van der Waals surface area contributed by atoms with Crippen LogP contribution in [0.5, 0.6) is 0 Å². The molecule has 0 unspecified atom stereocenters. The minimum atomic E-state index is 0.653. The van der Waals surface area contributed by atoms with Crippen LogP contribution in [0.4, 0.5) is 5.95 Å². The number of H-pyrrole nitrogens is 1. The van der Waals surface area contributed by atoms with Gasteiger partial charge in [-0.05, 0) is 24.6 Å². The van der Waals surface area contributed by atoms with Gasteiger partial charge in [-0.1, -0.05) is 0 Å². The first kappa shape index (κ1) is 10.8. The first-order chi connectivity index (χ1) is 8.81. The Kier molecular flexibility index (Phi) is 2.68. The first-order valence-electron chi connectivity index (χ1n) is 5.85. The molecular formula is C12H14N6. The second-order valence-electron chi connectivity index (χ2n) is 4.20. The van der Waals surface area contributed by atoms with Gasteiger partial charge in [-0.15, -0.1) is 5.10 Å². The van der Waals surface area contributed by atoms with Crippen molar-refractivity contribution in [2.75, 3.05) is 11.9 Å². The van der Waals surface area contributed by atoms with E-state index in [1.54, 1.807) is 10.8 Å². The molecule has 0 aliphatic carbocycles. The van der Waals surface area contributed by atoms with Gasteiger partial charge in [-0.2, -0.15) is 4.98 Å². The highest BCUT2D eigenvalue weighted by atomic mass is 15.3. The third-order valence-electron chi connectivity index (χ3n) is 2.73. The summed E-state index contributed by atoms with van der Waals surface area (Å²) in [5.41, 5.74) is 3.14. The fraction of sp³-hybridized carbons (Fsp3) is 0.250. The molecule has 0 aliphatic rings. The lowest BCUT2D eigenvalue weighted by Crippen LogP contribution is -2.06. The van der Waals surface area contributed by atoms with Crippen LogP contribution in [-0.2, 0) is 6.42 Å². The summed E-state index contributed by atoms with van der Waals surface area (Å²) in [6, 6.07) is 4.02. The van der Waals surface area contributed by atoms with E-state index in [0.29, 0.717) is 5.95 Å². The highest BCUT2D eigenvalue weighted by molar-refractivity contribution is 5.45. The summed E-state index contributed by atoms with van der Waals surface area (Å²) in [5, 5.41) is 7.54. The standard InChI is InChI=1S/C12H14N6/c1-9-3-5-18-11(6-9)16-12(17-18)14-4-2-10-7-13-8-15-10/h3,5-8H,2,4H2,1H3,(H,13,15)(H,14,17). The molecule has 3 rings (SSSR count). The van der Waals surface area contributed by atoms with Crippen LogP contribution in [0.3, 0.4) is 0 Å². The molecular weight excluding hydrogens is 228 g/mol. The Bertz CT molecular complexity index is 640. The van der Waals surface area contributed by atoms with Crippen LogP contribution in [0.15, 0.2) is 30.9 Å². The third-order valence-corrected chi connectivity index (χ3v) is 2.73. The molecule has 0 fully saturated rings. The number of nitrogens with one attached hydrogen (secondary N) is 2. The SMILES string of the molecule is Cc1ccn2nc(NCCc3cnc[nH]3)nc2c1. The number of fused-ring (bicyclic) bond motifs is 1. The average molecular weight is 242 g/mol. The molecule has 0 saturated heterocycles. The van der Waals surface area contributed by atoms with Crippen LogP contribution in [-0.4, -0.2) is 31.1 Å². The lowest BCUT2D eigenvalue weighted by molar-refractivity contribution is 0.925. The lowest BCUT2D eigenvalue weighted by Gasteiger charge is -1.98. The van der Waals surface area contributed by atoms with E-state index in [9.17, 15) is 0 Å². The number of anilines is 1. The number of nitrogens with zero attached hydrogens (tertiary/aromatic N) is 4. The topological polar surface area (TPSA) is 70.9 Å². The van der Waals surface area contributed by atoms with Gasteiger partial charge in [0.2, 0.25) is 5.95 Å². The van der Waals surface area contributed by atoms with Crippen molar-refractivity contribution >= 4 is 11.6 Å². The lowest BCUT2D eigenvalue weighted by atomic mass is 10.3. The number of hydrogen-bond acceptors (Lipinski definition) is 4. The van der Waals surface area contributed by atoms with Crippen molar-refractivity contribution in [3.8, 4) is 0 Å². The summed E-state index contributed by atoms with van der Waals surface area (Å²) in [6.45, 7) is 2.82. The normalized spacial score (nSPS) is 10.9. The average Bonchev–Trinajstić information content (AvgIpc) is 2.97. The summed E-state index contributed by atoms with van der Waals surface area (Å²) in [7, 11) is 0. The minimum absolute atomic E-state index is 0.653. The monoisotopic (exact) mass is 242 g/mol. The second kappa shape index (κ2) is 4.48. The molecule has 6 heteroatoms. The molecule has 0 spiro atoms. The van der Waals surface area contributed by atoms with Gasteiger partial charge in [0.25, 0.3) is 0 Å². The Morgan fingerprint density at radius 2 is 2.39 bits per heavy atom. The summed E-state index contributed by atoms with van der Waals surface area (Å²) < 4.78 is 1.77. The number of pyridine rings is 1. The maximum Gasteiger partial charge on any atom is 0.243 e. The Morgan fingerprint density at radius 3 is 3.22 bits per heavy atom. The van der Waals surface area contributed by atoms with E-state index < -0.39 is 0 Å². The van der Waals surface area contributed by atoms with Crippen LogP contribution < -0.4 is 5.32 Å². The van der Waals surface area contributed by atoms with E-state index in [1.807, 2.05) is 31.5 Å². The van der Waals surface area contributed by atoms with Crippen molar-refractivity contribution in [1.29, 1.82) is 0 Å². The zero-order valence-electron chi connectivity index (χ0n) is 10.1. The summed E-state index contributed by atoms with van der Waals surface area (Å²) in [6.07, 6.45) is 6.29. The molecule has 3 aromatic heterocycles. The molecule has 0 radical (unpaired) electrons. The molecule has 18 heavy (non-hydrogen) atoms. The van der Waals surface area contributed by atoms with E-state index in [2.05, 4.69) is 25.4 Å². The fourth-order valence-electron chi connectivity index (χ4n) is 1.79. The number of rotatable bonds is 4. The van der Waals surface area contributed by atoms with Crippen LogP contribution in [0.1, 0.15) is 11.3 Å². The molecule has 3 heterocycles. The molecule has 6 nitrogen and oxygen atoms in total. The molecule has 2 N–H and O–H groups in total. The van der Waals surface area contributed by atoms with E-state index in [0.717, 1.165) is 24.3 Å². The highest BCUT2D eigenvalue weighted by Crippen LogP contribution is 2.07. The van der Waals surface area contributed by atoms with E-state index >= 15 is 0 Å². The highest BCUT2D eigenvalue weighted by Gasteiger charge is 2.02. The Balaban J connectivity index is 1.67. The second-order valence-corrected chi connectivity index (χ2v) is 4.20. The van der Waals surface area contributed by atoms with E-state index in [4.69, 9.17) is 0 Å². The zero-order valence-corrected chi connectivity index (χ0v) is 10.1. The van der Waals surface area contributed by atoms with Gasteiger partial charge in [0, 0.05) is 31.1 Å². The first-order valence-corrected chi connectivity index (χ1v) is 5.85. The van der Waals surface area contributed by atoms with Crippen LogP contribution >= 0.6 is 0 Å². The van der Waals surface area contributed by atoms with Gasteiger partial charge in [0.15, 0.2) is 5.65 Å². The number of aryl methyl sites for hydroxylation is 1. The molecule has 92 valence electrons. The van der Waals surface area contributed by atoms with E-state index in [-0.39, 0.29) is 0 Å². The van der Waals surface area contributed by atoms with Crippen molar-refractivity contribution in [1.82, 2.24) is 24.6 Å². The summed E-state index contributed by atoms with van der Waals surface area (Å²) in [5.74, 6) is 0.653. The van der Waals surface area contributed by atoms with Gasteiger partial charge < -0.3 is 10.3 Å². The quantitative estimate of drug-likeness (QED) is 0.725. The largest absolute Gasteiger partial charge is 0.353 e. The van der Waals surface area contributed by atoms with Gasteiger partial charge >= 0.3 is 0 Å². The van der Waals surface area contributed by atoms with Crippen molar-refractivity contribution in [3.05, 3.63) is 42.1 Å². The smallest absolute Gasteiger partial charge is 0.243 e. The number of aromatic amines is 1. The number of hydrogen-bond donors (Lipinski definition) is 2. The minimum Gasteiger partial charge on any atom is -0.353 e. The molecule has 0 amide bonds. The molecule has 0 saturated carbocycles. The van der Waals surface area contributed by atoms with Crippen LogP contribution in [0.25, 0.3) is 5.65 Å². The van der Waals surface area contributed by atoms with Gasteiger partial charge in [0.1, 0.15) is 0 Å². The maximum absolute atomic E-state index is 4.41. The van der Waals surface area contributed by atoms with Crippen LogP contribution in [0, 0.1) is 6.92 Å². The van der Waals surface area contributed by atoms with E-state index in [1.165, 1.54) is 5.56 Å². The van der Waals surface area contributed by atoms with Gasteiger partial charge in [0.05, 0.1) is 6.33 Å². The molecule has 0 aliphatic heterocycles. The Hall–Kier alpha value is -2.37. The third kappa shape index (κ3) is 2.17. The van der Waals surface area contributed by atoms with Crippen LogP contribution in [0.2, 0.25) is 0 Å². The van der Waals surface area contributed by atoms with Crippen molar-refractivity contribution in [2.24, 2.45) is 0 Å². The predicted molar refractivity (Wildman–Crippen MR) is 68.5 cm³/mol. The van der Waals surface area contributed by atoms with Crippen molar-refractivity contribution in [2.45, 2.75) is 13.3 Å². The predicted octanol–water partition coefficient (Wildman–Crippen LogP) is 1.42. The summed E-state index contributed by atoms with van der Waals surface area (Å²) in [4.78, 5) is 11.4. The maximum atomic E-state index is 4.41. The molecule has 0 bridgehead atoms.